The molecule has 7 nitrogen and oxygen atoms in total. The van der Waals surface area contributed by atoms with Crippen LogP contribution in [-0.4, -0.2) is 59.3 Å². The summed E-state index contributed by atoms with van der Waals surface area (Å²) >= 11 is 0. The summed E-state index contributed by atoms with van der Waals surface area (Å²) in [7, 11) is 0. The van der Waals surface area contributed by atoms with Crippen molar-refractivity contribution in [2.45, 2.75) is 25.1 Å². The fourth-order valence-electron chi connectivity index (χ4n) is 3.40. The number of benzene rings is 2. The molecule has 2 N–H and O–H groups in total. The van der Waals surface area contributed by atoms with E-state index in [0.29, 0.717) is 17.1 Å². The number of carbonyl (C=O) groups excluding carboxylic acids is 2. The molecule has 0 radical (unpaired) electrons. The zero-order valence-corrected chi connectivity index (χ0v) is 16.8. The van der Waals surface area contributed by atoms with Crippen molar-refractivity contribution in [1.29, 1.82) is 0 Å². The first-order chi connectivity index (χ1) is 14.7. The summed E-state index contributed by atoms with van der Waals surface area (Å²) in [6, 6.07) is 12.4. The first kappa shape index (κ1) is 22.2. The first-order valence-electron chi connectivity index (χ1n) is 9.61. The van der Waals surface area contributed by atoms with Crippen molar-refractivity contribution in [2.75, 3.05) is 19.8 Å². The third-order valence-electron chi connectivity index (χ3n) is 5.04. The number of likely N-dealkylation sites (tertiary alicyclic amines) is 1. The lowest BCUT2D eigenvalue weighted by molar-refractivity contribution is -0.147. The molecule has 0 unspecified atom stereocenters. The van der Waals surface area contributed by atoms with Crippen LogP contribution in [0.15, 0.2) is 48.5 Å². The van der Waals surface area contributed by atoms with E-state index in [1.807, 2.05) is 18.2 Å². The molecule has 1 saturated heterocycles. The van der Waals surface area contributed by atoms with Crippen molar-refractivity contribution in [3.05, 3.63) is 59.7 Å². The van der Waals surface area contributed by atoms with Crippen molar-refractivity contribution in [2.24, 2.45) is 0 Å². The third kappa shape index (κ3) is 5.17. The maximum atomic E-state index is 14.2. The number of carboxylic acids is 1. The SMILES string of the molecule is Cc1cc(C(=O)NCC(=O)N2C[C@@](F)(CF)C[C@H]2C(=O)O)ccc1Oc1ccccc1. The molecule has 0 spiro atoms. The van der Waals surface area contributed by atoms with Gasteiger partial charge in [0.15, 0.2) is 5.67 Å². The maximum absolute atomic E-state index is 14.2. The van der Waals surface area contributed by atoms with Gasteiger partial charge in [-0.25, -0.2) is 13.6 Å². The van der Waals surface area contributed by atoms with E-state index in [4.69, 9.17) is 4.74 Å². The lowest BCUT2D eigenvalue weighted by Gasteiger charge is -2.21. The van der Waals surface area contributed by atoms with Gasteiger partial charge in [0.25, 0.3) is 5.91 Å². The maximum Gasteiger partial charge on any atom is 0.326 e. The summed E-state index contributed by atoms with van der Waals surface area (Å²) in [4.78, 5) is 36.8. The highest BCUT2D eigenvalue weighted by Gasteiger charge is 2.49. The Kier molecular flexibility index (Phi) is 6.53. The molecule has 2 aromatic rings. The van der Waals surface area contributed by atoms with Crippen LogP contribution in [0.3, 0.4) is 0 Å². The second-order valence-corrected chi connectivity index (χ2v) is 7.44. The average molecular weight is 432 g/mol. The Morgan fingerprint density at radius 3 is 2.55 bits per heavy atom. The zero-order valence-electron chi connectivity index (χ0n) is 16.8. The number of hydrogen-bond acceptors (Lipinski definition) is 4. The largest absolute Gasteiger partial charge is 0.480 e. The van der Waals surface area contributed by atoms with Crippen LogP contribution in [-0.2, 0) is 9.59 Å². The third-order valence-corrected chi connectivity index (χ3v) is 5.04. The molecule has 0 bridgehead atoms. The minimum absolute atomic E-state index is 0.269. The highest BCUT2D eigenvalue weighted by atomic mass is 19.2. The molecular formula is C22H22F2N2O5. The molecule has 2 aromatic carbocycles. The van der Waals surface area contributed by atoms with Gasteiger partial charge in [-0.1, -0.05) is 18.2 Å². The zero-order chi connectivity index (χ0) is 22.6. The molecule has 164 valence electrons. The number of halogens is 2. The summed E-state index contributed by atoms with van der Waals surface area (Å²) in [5.41, 5.74) is -1.43. The molecule has 1 fully saturated rings. The number of para-hydroxylation sites is 1. The number of carbonyl (C=O) groups is 3. The lowest BCUT2D eigenvalue weighted by Crippen LogP contribution is -2.46. The van der Waals surface area contributed by atoms with Crippen molar-refractivity contribution in [3.8, 4) is 11.5 Å². The van der Waals surface area contributed by atoms with Gasteiger partial charge in [-0.05, 0) is 42.8 Å². The molecule has 2 atom stereocenters. The Hall–Kier alpha value is -3.49. The number of aryl methyl sites for hydroxylation is 1. The van der Waals surface area contributed by atoms with Gasteiger partial charge in [0.1, 0.15) is 24.2 Å². The topological polar surface area (TPSA) is 95.9 Å². The van der Waals surface area contributed by atoms with Gasteiger partial charge in [0.2, 0.25) is 5.91 Å². The first-order valence-corrected chi connectivity index (χ1v) is 9.61. The van der Waals surface area contributed by atoms with Crippen LogP contribution in [0.1, 0.15) is 22.3 Å². The summed E-state index contributed by atoms with van der Waals surface area (Å²) in [6.07, 6.45) is -0.624. The molecule has 3 rings (SSSR count). The van der Waals surface area contributed by atoms with E-state index in [-0.39, 0.29) is 5.56 Å². The van der Waals surface area contributed by atoms with Gasteiger partial charge >= 0.3 is 5.97 Å². The van der Waals surface area contributed by atoms with Gasteiger partial charge in [-0.2, -0.15) is 0 Å². The predicted molar refractivity (Wildman–Crippen MR) is 108 cm³/mol. The molecular weight excluding hydrogens is 410 g/mol. The van der Waals surface area contributed by atoms with Crippen LogP contribution >= 0.6 is 0 Å². The van der Waals surface area contributed by atoms with Gasteiger partial charge in [-0.3, -0.25) is 9.59 Å². The summed E-state index contributed by atoms with van der Waals surface area (Å²) in [6.45, 7) is -0.824. The Morgan fingerprint density at radius 2 is 1.94 bits per heavy atom. The molecule has 0 saturated carbocycles. The second kappa shape index (κ2) is 9.11. The van der Waals surface area contributed by atoms with E-state index < -0.39 is 55.7 Å². The number of aliphatic carboxylic acids is 1. The molecule has 0 aromatic heterocycles. The fraction of sp³-hybridized carbons (Fsp3) is 0.318. The number of alkyl halides is 2. The van der Waals surface area contributed by atoms with Crippen molar-refractivity contribution in [3.63, 3.8) is 0 Å². The quantitative estimate of drug-likeness (QED) is 0.702. The van der Waals surface area contributed by atoms with E-state index in [9.17, 15) is 28.3 Å². The molecule has 1 heterocycles. The van der Waals surface area contributed by atoms with E-state index in [0.717, 1.165) is 4.90 Å². The number of nitrogens with zero attached hydrogens (tertiary/aromatic N) is 1. The fourth-order valence-corrected chi connectivity index (χ4v) is 3.40. The van der Waals surface area contributed by atoms with Crippen LogP contribution in [0.25, 0.3) is 0 Å². The van der Waals surface area contributed by atoms with Crippen LogP contribution in [0.2, 0.25) is 0 Å². The molecule has 1 aliphatic rings. The molecule has 0 aliphatic carbocycles. The Balaban J connectivity index is 1.62. The molecule has 9 heteroatoms. The minimum atomic E-state index is -2.39. The number of rotatable bonds is 7. The Labute approximate surface area is 177 Å². The van der Waals surface area contributed by atoms with E-state index in [2.05, 4.69) is 5.32 Å². The Bertz CT molecular complexity index is 985. The average Bonchev–Trinajstić information content (AvgIpc) is 3.13. The van der Waals surface area contributed by atoms with E-state index in [1.54, 1.807) is 31.2 Å². The smallest absolute Gasteiger partial charge is 0.326 e. The molecule has 2 amide bonds. The summed E-state index contributed by atoms with van der Waals surface area (Å²) < 4.78 is 32.9. The summed E-state index contributed by atoms with van der Waals surface area (Å²) in [5.74, 6) is -1.58. The van der Waals surface area contributed by atoms with E-state index >= 15 is 0 Å². The van der Waals surface area contributed by atoms with Crippen molar-refractivity contribution in [1.82, 2.24) is 10.2 Å². The summed E-state index contributed by atoms with van der Waals surface area (Å²) in [5, 5.41) is 11.6. The standard InChI is InChI=1S/C22H22F2N2O5/c1-14-9-15(7-8-18(14)31-16-5-3-2-4-6-16)20(28)25-11-19(27)26-13-22(24,12-23)10-17(26)21(29)30/h2-9,17H,10-13H2,1H3,(H,25,28)(H,29,30)/t17-,22-/m0/s1. The lowest BCUT2D eigenvalue weighted by atomic mass is 10.0. The van der Waals surface area contributed by atoms with Crippen LogP contribution in [0.5, 0.6) is 11.5 Å². The van der Waals surface area contributed by atoms with Crippen molar-refractivity contribution < 1.29 is 33.0 Å². The normalized spacial score (nSPS) is 20.4. The van der Waals surface area contributed by atoms with Gasteiger partial charge < -0.3 is 20.1 Å². The minimum Gasteiger partial charge on any atom is -0.480 e. The van der Waals surface area contributed by atoms with Crippen LogP contribution in [0.4, 0.5) is 8.78 Å². The number of amides is 2. The van der Waals surface area contributed by atoms with Gasteiger partial charge in [0, 0.05) is 12.0 Å². The Morgan fingerprint density at radius 1 is 1.23 bits per heavy atom. The second-order valence-electron chi connectivity index (χ2n) is 7.44. The van der Waals surface area contributed by atoms with Gasteiger partial charge in [0.05, 0.1) is 13.1 Å². The molecule has 31 heavy (non-hydrogen) atoms. The van der Waals surface area contributed by atoms with Crippen LogP contribution in [0, 0.1) is 6.92 Å². The van der Waals surface area contributed by atoms with Crippen molar-refractivity contribution >= 4 is 17.8 Å². The number of ether oxygens (including phenoxy) is 1. The highest BCUT2D eigenvalue weighted by molar-refractivity contribution is 5.97. The van der Waals surface area contributed by atoms with Gasteiger partial charge in [-0.15, -0.1) is 0 Å². The number of hydrogen-bond donors (Lipinski definition) is 2. The highest BCUT2D eigenvalue weighted by Crippen LogP contribution is 2.31. The predicted octanol–water partition coefficient (Wildman–Crippen LogP) is 2.88. The number of carboxylic acid groups (broad SMARTS) is 1. The molecule has 1 aliphatic heterocycles. The van der Waals surface area contributed by atoms with E-state index in [1.165, 1.54) is 6.07 Å². The van der Waals surface area contributed by atoms with Crippen LogP contribution < -0.4 is 10.1 Å². The monoisotopic (exact) mass is 432 g/mol. The number of nitrogens with one attached hydrogen (secondary N) is 1.